The largest absolute Gasteiger partial charge is 0.339 e. The minimum Gasteiger partial charge on any atom is -0.339 e. The number of aromatic amines is 1. The molecule has 1 aliphatic rings. The summed E-state index contributed by atoms with van der Waals surface area (Å²) in [5, 5.41) is 3.64. The van der Waals surface area contributed by atoms with Crippen LogP contribution in [0.15, 0.2) is 39.2 Å². The van der Waals surface area contributed by atoms with Crippen LogP contribution in [0.2, 0.25) is 0 Å². The second-order valence-corrected chi connectivity index (χ2v) is 9.78. The molecule has 2 aromatic heterocycles. The lowest BCUT2D eigenvalue weighted by atomic mass is 9.98. The van der Waals surface area contributed by atoms with Crippen LogP contribution >= 0.6 is 11.3 Å². The van der Waals surface area contributed by atoms with Crippen molar-refractivity contribution in [3.8, 4) is 0 Å². The summed E-state index contributed by atoms with van der Waals surface area (Å²) in [4.78, 5) is 49.2. The van der Waals surface area contributed by atoms with E-state index in [9.17, 15) is 14.4 Å². The van der Waals surface area contributed by atoms with Gasteiger partial charge in [0.2, 0.25) is 5.91 Å². The van der Waals surface area contributed by atoms with Gasteiger partial charge in [-0.3, -0.25) is 19.1 Å². The van der Waals surface area contributed by atoms with Crippen LogP contribution in [-0.2, 0) is 23.3 Å². The molecule has 3 heterocycles. The number of nitrogens with zero attached hydrogens (tertiary/aromatic N) is 4. The van der Waals surface area contributed by atoms with Crippen LogP contribution in [0.5, 0.6) is 0 Å². The number of amides is 1. The van der Waals surface area contributed by atoms with Crippen LogP contribution in [0.4, 0.5) is 0 Å². The van der Waals surface area contributed by atoms with Crippen LogP contribution in [0.1, 0.15) is 31.5 Å². The van der Waals surface area contributed by atoms with Gasteiger partial charge in [0.05, 0.1) is 21.6 Å². The topological polar surface area (TPSA) is 91.3 Å². The second kappa shape index (κ2) is 8.39. The summed E-state index contributed by atoms with van der Waals surface area (Å²) in [5.41, 5.74) is 0.584. The summed E-state index contributed by atoms with van der Waals surface area (Å²) in [6.45, 7) is 9.58. The molecular weight excluding hydrogens is 414 g/mol. The normalized spacial score (nSPS) is 15.5. The van der Waals surface area contributed by atoms with Gasteiger partial charge in [0.15, 0.2) is 0 Å². The lowest BCUT2D eigenvalue weighted by molar-refractivity contribution is -0.133. The van der Waals surface area contributed by atoms with E-state index in [1.165, 1.54) is 0 Å². The monoisotopic (exact) mass is 441 g/mol. The van der Waals surface area contributed by atoms with Crippen molar-refractivity contribution in [3.63, 3.8) is 0 Å². The van der Waals surface area contributed by atoms with Gasteiger partial charge in [-0.15, -0.1) is 11.3 Å². The van der Waals surface area contributed by atoms with Crippen molar-refractivity contribution < 1.29 is 4.79 Å². The van der Waals surface area contributed by atoms with E-state index in [4.69, 9.17) is 4.98 Å². The highest BCUT2D eigenvalue weighted by Crippen LogP contribution is 2.26. The highest BCUT2D eigenvalue weighted by Gasteiger charge is 2.24. The first-order chi connectivity index (χ1) is 14.7. The van der Waals surface area contributed by atoms with Crippen molar-refractivity contribution in [2.45, 2.75) is 39.3 Å². The van der Waals surface area contributed by atoms with Crippen LogP contribution in [0.3, 0.4) is 0 Å². The van der Waals surface area contributed by atoms with Crippen molar-refractivity contribution in [1.82, 2.24) is 24.3 Å². The number of nitrogens with one attached hydrogen (secondary N) is 1. The van der Waals surface area contributed by atoms with Crippen LogP contribution < -0.4 is 11.2 Å². The molecule has 9 heteroatoms. The first kappa shape index (κ1) is 21.5. The predicted octanol–water partition coefficient (Wildman–Crippen LogP) is 1.79. The van der Waals surface area contributed by atoms with Gasteiger partial charge in [0.1, 0.15) is 6.54 Å². The summed E-state index contributed by atoms with van der Waals surface area (Å²) in [5.74, 6) is -0.216. The number of benzene rings is 1. The van der Waals surface area contributed by atoms with E-state index in [1.807, 2.05) is 0 Å². The highest BCUT2D eigenvalue weighted by molar-refractivity contribution is 7.09. The summed E-state index contributed by atoms with van der Waals surface area (Å²) >= 11 is 1.69. The molecule has 164 valence electrons. The van der Waals surface area contributed by atoms with Crippen LogP contribution in [0, 0.1) is 0 Å². The van der Waals surface area contributed by atoms with E-state index >= 15 is 0 Å². The number of H-pyrrole nitrogens is 1. The molecule has 4 rings (SSSR count). The van der Waals surface area contributed by atoms with E-state index in [1.54, 1.807) is 40.5 Å². The number of para-hydroxylation sites is 1. The zero-order chi connectivity index (χ0) is 22.2. The fraction of sp³-hybridized carbons (Fsp3) is 0.455. The maximum atomic E-state index is 12.8. The Hall–Kier alpha value is -2.78. The van der Waals surface area contributed by atoms with Gasteiger partial charge in [-0.25, -0.2) is 9.78 Å². The zero-order valence-corrected chi connectivity index (χ0v) is 18.9. The molecule has 1 fully saturated rings. The van der Waals surface area contributed by atoms with Crippen molar-refractivity contribution in [3.05, 3.63) is 61.2 Å². The minimum absolute atomic E-state index is 0.0483. The number of hydrogen-bond donors (Lipinski definition) is 1. The van der Waals surface area contributed by atoms with Crippen LogP contribution in [-0.4, -0.2) is 56.4 Å². The number of carbonyl (C=O) groups is 1. The lowest BCUT2D eigenvalue weighted by Gasteiger charge is -2.34. The number of fused-ring (bicyclic) bond motifs is 1. The summed E-state index contributed by atoms with van der Waals surface area (Å²) < 4.78 is 0.986. The molecule has 0 radical (unpaired) electrons. The maximum absolute atomic E-state index is 12.8. The smallest absolute Gasteiger partial charge is 0.329 e. The molecule has 0 aliphatic carbocycles. The Kier molecular flexibility index (Phi) is 5.81. The second-order valence-electron chi connectivity index (χ2n) is 8.92. The molecule has 1 aliphatic heterocycles. The summed E-state index contributed by atoms with van der Waals surface area (Å²) in [6, 6.07) is 6.82. The van der Waals surface area contributed by atoms with Gasteiger partial charge in [0, 0.05) is 43.5 Å². The average molecular weight is 442 g/mol. The Bertz CT molecular complexity index is 1210. The van der Waals surface area contributed by atoms with E-state index in [0.29, 0.717) is 24.0 Å². The van der Waals surface area contributed by atoms with E-state index in [0.717, 1.165) is 34.9 Å². The highest BCUT2D eigenvalue weighted by atomic mass is 32.1. The van der Waals surface area contributed by atoms with Gasteiger partial charge in [-0.05, 0) is 12.1 Å². The number of thiazole rings is 1. The van der Waals surface area contributed by atoms with Gasteiger partial charge >= 0.3 is 5.69 Å². The molecule has 1 amide bonds. The van der Waals surface area contributed by atoms with Crippen molar-refractivity contribution in [2.24, 2.45) is 0 Å². The Morgan fingerprint density at radius 2 is 1.84 bits per heavy atom. The summed E-state index contributed by atoms with van der Waals surface area (Å²) in [6.07, 6.45) is 0. The molecule has 31 heavy (non-hydrogen) atoms. The Morgan fingerprint density at radius 1 is 1.13 bits per heavy atom. The van der Waals surface area contributed by atoms with Crippen molar-refractivity contribution in [2.75, 3.05) is 26.2 Å². The van der Waals surface area contributed by atoms with E-state index in [-0.39, 0.29) is 17.9 Å². The fourth-order valence-electron chi connectivity index (χ4n) is 3.69. The molecular formula is C22H27N5O3S. The van der Waals surface area contributed by atoms with E-state index in [2.05, 4.69) is 36.0 Å². The third kappa shape index (κ3) is 4.62. The lowest BCUT2D eigenvalue weighted by Crippen LogP contribution is -2.50. The SMILES string of the molecule is CC(C)(C)c1nc(CN2CCN(C(=O)Cn3c(=O)[nH]c4ccccc4c3=O)CC2)cs1. The number of carbonyl (C=O) groups excluding carboxylic acids is 1. The van der Waals surface area contributed by atoms with Gasteiger partial charge in [-0.1, -0.05) is 32.9 Å². The first-order valence-corrected chi connectivity index (χ1v) is 11.3. The third-order valence-electron chi connectivity index (χ3n) is 5.49. The molecule has 0 spiro atoms. The standard InChI is InChI=1S/C22H27N5O3S/c1-22(2,3)20-23-15(14-31-20)12-25-8-10-26(11-9-25)18(28)13-27-19(29)16-6-4-5-7-17(16)24-21(27)30/h4-7,14H,8-13H2,1-3H3,(H,24,30). The molecule has 0 bridgehead atoms. The van der Waals surface area contributed by atoms with Gasteiger partial charge < -0.3 is 9.88 Å². The Morgan fingerprint density at radius 3 is 2.52 bits per heavy atom. The summed E-state index contributed by atoms with van der Waals surface area (Å²) in [7, 11) is 0. The first-order valence-electron chi connectivity index (χ1n) is 10.4. The molecule has 0 saturated carbocycles. The maximum Gasteiger partial charge on any atom is 0.329 e. The molecule has 1 aromatic carbocycles. The van der Waals surface area contributed by atoms with Crippen LogP contribution in [0.25, 0.3) is 10.9 Å². The average Bonchev–Trinajstić information content (AvgIpc) is 3.20. The fourth-order valence-corrected chi connectivity index (χ4v) is 4.58. The Labute approximate surface area is 184 Å². The van der Waals surface area contributed by atoms with Crippen molar-refractivity contribution in [1.29, 1.82) is 0 Å². The Balaban J connectivity index is 1.38. The van der Waals surface area contributed by atoms with Gasteiger partial charge in [-0.2, -0.15) is 0 Å². The number of aromatic nitrogens is 3. The molecule has 0 unspecified atom stereocenters. The zero-order valence-electron chi connectivity index (χ0n) is 18.1. The number of rotatable bonds is 4. The van der Waals surface area contributed by atoms with Crippen molar-refractivity contribution >= 4 is 28.1 Å². The predicted molar refractivity (Wildman–Crippen MR) is 121 cm³/mol. The molecule has 0 atom stereocenters. The number of hydrogen-bond acceptors (Lipinski definition) is 6. The van der Waals surface area contributed by atoms with E-state index < -0.39 is 11.2 Å². The molecule has 3 aromatic rings. The van der Waals surface area contributed by atoms with Gasteiger partial charge in [0.25, 0.3) is 5.56 Å². The quantitative estimate of drug-likeness (QED) is 0.667. The number of piperazine rings is 1. The molecule has 8 nitrogen and oxygen atoms in total. The molecule has 1 saturated heterocycles. The minimum atomic E-state index is -0.561. The molecule has 1 N–H and O–H groups in total. The third-order valence-corrected chi connectivity index (χ3v) is 6.80.